The van der Waals surface area contributed by atoms with E-state index in [0.29, 0.717) is 18.1 Å². The number of H-pyrrole nitrogens is 1. The molecule has 0 atom stereocenters. The summed E-state index contributed by atoms with van der Waals surface area (Å²) in [5, 5.41) is 6.72. The maximum atomic E-state index is 5.38. The van der Waals surface area contributed by atoms with Gasteiger partial charge in [0.1, 0.15) is 5.52 Å². The zero-order valence-electron chi connectivity index (χ0n) is 15.3. The Morgan fingerprint density at radius 1 is 1.07 bits per heavy atom. The summed E-state index contributed by atoms with van der Waals surface area (Å²) >= 11 is 0. The molecular formula is C19H25N7O. The molecule has 1 aliphatic heterocycles. The Hall–Kier alpha value is -2.71. The van der Waals surface area contributed by atoms with Gasteiger partial charge in [0.15, 0.2) is 11.5 Å². The Labute approximate surface area is 158 Å². The van der Waals surface area contributed by atoms with E-state index < -0.39 is 0 Å². The van der Waals surface area contributed by atoms with E-state index in [1.807, 2.05) is 18.2 Å². The number of morpholine rings is 1. The van der Waals surface area contributed by atoms with Crippen molar-refractivity contribution in [3.63, 3.8) is 0 Å². The van der Waals surface area contributed by atoms with E-state index in [2.05, 4.69) is 47.6 Å². The highest BCUT2D eigenvalue weighted by Crippen LogP contribution is 2.19. The number of aromatic nitrogens is 4. The minimum atomic E-state index is 0.604. The summed E-state index contributed by atoms with van der Waals surface area (Å²) in [5.41, 5.74) is 2.69. The lowest BCUT2D eigenvalue weighted by molar-refractivity contribution is 0.0378. The van der Waals surface area contributed by atoms with Crippen LogP contribution in [0.2, 0.25) is 0 Å². The molecule has 142 valence electrons. The van der Waals surface area contributed by atoms with E-state index in [1.54, 1.807) is 6.33 Å². The first kappa shape index (κ1) is 17.7. The first-order chi connectivity index (χ1) is 13.4. The summed E-state index contributed by atoms with van der Waals surface area (Å²) in [5.74, 6) is 1.36. The molecule has 8 nitrogen and oxygen atoms in total. The van der Waals surface area contributed by atoms with E-state index in [9.17, 15) is 0 Å². The topological polar surface area (TPSA) is 91.0 Å². The Bertz CT molecular complexity index is 846. The standard InChI is InChI=1S/C19H25N7O/c1-2-5-15(6-3-1)13-21-17-16-18(23-14-22-16)25-19(24-17)20-7-4-8-26-9-11-27-12-10-26/h1-3,5-6,14H,4,7-13H2,(H3,20,21,22,23,24,25). The second-order valence-electron chi connectivity index (χ2n) is 6.57. The molecule has 27 heavy (non-hydrogen) atoms. The fourth-order valence-electron chi connectivity index (χ4n) is 3.15. The third-order valence-electron chi connectivity index (χ3n) is 4.63. The lowest BCUT2D eigenvalue weighted by Crippen LogP contribution is -2.37. The molecule has 3 N–H and O–H groups in total. The molecular weight excluding hydrogens is 342 g/mol. The number of imidazole rings is 1. The number of anilines is 2. The van der Waals surface area contributed by atoms with E-state index in [-0.39, 0.29) is 0 Å². The summed E-state index contributed by atoms with van der Waals surface area (Å²) in [7, 11) is 0. The van der Waals surface area contributed by atoms with Crippen molar-refractivity contribution in [1.29, 1.82) is 0 Å². The number of fused-ring (bicyclic) bond motifs is 1. The molecule has 1 fully saturated rings. The number of nitrogens with one attached hydrogen (secondary N) is 3. The SMILES string of the molecule is c1ccc(CNc2nc(NCCCN3CCOCC3)nc3nc[nH]c23)cc1. The molecule has 0 spiro atoms. The van der Waals surface area contributed by atoms with Crippen LogP contribution in [-0.4, -0.2) is 64.2 Å². The molecule has 1 aliphatic rings. The fraction of sp³-hybridized carbons (Fsp3) is 0.421. The van der Waals surface area contributed by atoms with Crippen molar-refractivity contribution in [2.24, 2.45) is 0 Å². The first-order valence-corrected chi connectivity index (χ1v) is 9.41. The minimum Gasteiger partial charge on any atom is -0.379 e. The van der Waals surface area contributed by atoms with Crippen LogP contribution in [0.1, 0.15) is 12.0 Å². The zero-order valence-corrected chi connectivity index (χ0v) is 15.3. The van der Waals surface area contributed by atoms with Gasteiger partial charge in [-0.05, 0) is 18.5 Å². The van der Waals surface area contributed by atoms with Crippen LogP contribution in [0, 0.1) is 0 Å². The molecule has 0 aliphatic carbocycles. The van der Waals surface area contributed by atoms with Crippen LogP contribution in [-0.2, 0) is 11.3 Å². The van der Waals surface area contributed by atoms with Crippen LogP contribution in [0.25, 0.3) is 11.2 Å². The van der Waals surface area contributed by atoms with Crippen LogP contribution in [0.4, 0.5) is 11.8 Å². The number of aromatic amines is 1. The van der Waals surface area contributed by atoms with Gasteiger partial charge in [0.2, 0.25) is 5.95 Å². The normalized spacial score (nSPS) is 15.1. The van der Waals surface area contributed by atoms with Crippen molar-refractivity contribution in [1.82, 2.24) is 24.8 Å². The van der Waals surface area contributed by atoms with E-state index in [4.69, 9.17) is 4.74 Å². The van der Waals surface area contributed by atoms with Crippen molar-refractivity contribution in [3.8, 4) is 0 Å². The highest BCUT2D eigenvalue weighted by molar-refractivity contribution is 5.83. The maximum Gasteiger partial charge on any atom is 0.226 e. The van der Waals surface area contributed by atoms with Gasteiger partial charge >= 0.3 is 0 Å². The molecule has 8 heteroatoms. The average Bonchev–Trinajstić information content (AvgIpc) is 3.20. The van der Waals surface area contributed by atoms with Crippen LogP contribution < -0.4 is 10.6 Å². The number of benzene rings is 1. The molecule has 4 rings (SSSR count). The zero-order chi connectivity index (χ0) is 18.3. The number of nitrogens with zero attached hydrogens (tertiary/aromatic N) is 4. The van der Waals surface area contributed by atoms with Gasteiger partial charge in [-0.1, -0.05) is 30.3 Å². The molecule has 1 saturated heterocycles. The van der Waals surface area contributed by atoms with Crippen molar-refractivity contribution in [3.05, 3.63) is 42.2 Å². The summed E-state index contributed by atoms with van der Waals surface area (Å²) in [6.45, 7) is 6.28. The first-order valence-electron chi connectivity index (χ1n) is 9.41. The number of rotatable bonds is 8. The quantitative estimate of drug-likeness (QED) is 0.525. The van der Waals surface area contributed by atoms with Crippen molar-refractivity contribution in [2.75, 3.05) is 50.0 Å². The fourth-order valence-corrected chi connectivity index (χ4v) is 3.15. The average molecular weight is 367 g/mol. The number of hydrogen-bond donors (Lipinski definition) is 3. The van der Waals surface area contributed by atoms with Crippen LogP contribution in [0.5, 0.6) is 0 Å². The Kier molecular flexibility index (Phi) is 5.76. The molecule has 0 radical (unpaired) electrons. The Morgan fingerprint density at radius 2 is 1.93 bits per heavy atom. The maximum absolute atomic E-state index is 5.38. The molecule has 1 aromatic carbocycles. The smallest absolute Gasteiger partial charge is 0.226 e. The summed E-state index contributed by atoms with van der Waals surface area (Å²) < 4.78 is 5.38. The van der Waals surface area contributed by atoms with E-state index in [0.717, 1.165) is 57.1 Å². The van der Waals surface area contributed by atoms with Gasteiger partial charge in [-0.25, -0.2) is 4.98 Å². The number of ether oxygens (including phenoxy) is 1. The van der Waals surface area contributed by atoms with Crippen molar-refractivity contribution < 1.29 is 4.74 Å². The second kappa shape index (κ2) is 8.79. The molecule has 3 aromatic rings. The minimum absolute atomic E-state index is 0.604. The molecule has 0 unspecified atom stereocenters. The molecule has 3 heterocycles. The Balaban J connectivity index is 1.36. The monoisotopic (exact) mass is 367 g/mol. The third-order valence-corrected chi connectivity index (χ3v) is 4.63. The van der Waals surface area contributed by atoms with Gasteiger partial charge < -0.3 is 20.4 Å². The van der Waals surface area contributed by atoms with Gasteiger partial charge in [-0.3, -0.25) is 4.90 Å². The Morgan fingerprint density at radius 3 is 2.78 bits per heavy atom. The van der Waals surface area contributed by atoms with Gasteiger partial charge in [0.05, 0.1) is 19.5 Å². The van der Waals surface area contributed by atoms with Gasteiger partial charge in [0.25, 0.3) is 0 Å². The van der Waals surface area contributed by atoms with Gasteiger partial charge in [-0.15, -0.1) is 0 Å². The van der Waals surface area contributed by atoms with Crippen molar-refractivity contribution >= 4 is 22.9 Å². The lowest BCUT2D eigenvalue weighted by atomic mass is 10.2. The highest BCUT2D eigenvalue weighted by Gasteiger charge is 2.11. The van der Waals surface area contributed by atoms with Crippen LogP contribution in [0.15, 0.2) is 36.7 Å². The van der Waals surface area contributed by atoms with Crippen LogP contribution in [0.3, 0.4) is 0 Å². The largest absolute Gasteiger partial charge is 0.379 e. The molecule has 2 aromatic heterocycles. The van der Waals surface area contributed by atoms with Crippen LogP contribution >= 0.6 is 0 Å². The van der Waals surface area contributed by atoms with E-state index in [1.165, 1.54) is 5.56 Å². The second-order valence-corrected chi connectivity index (χ2v) is 6.57. The summed E-state index contributed by atoms with van der Waals surface area (Å²) in [4.78, 5) is 19.0. The van der Waals surface area contributed by atoms with Crippen molar-refractivity contribution in [2.45, 2.75) is 13.0 Å². The molecule has 0 saturated carbocycles. The van der Waals surface area contributed by atoms with E-state index >= 15 is 0 Å². The van der Waals surface area contributed by atoms with Gasteiger partial charge in [0, 0.05) is 26.2 Å². The predicted molar refractivity (Wildman–Crippen MR) is 106 cm³/mol. The summed E-state index contributed by atoms with van der Waals surface area (Å²) in [6, 6.07) is 10.3. The highest BCUT2D eigenvalue weighted by atomic mass is 16.5. The van der Waals surface area contributed by atoms with Gasteiger partial charge in [-0.2, -0.15) is 9.97 Å². The number of hydrogen-bond acceptors (Lipinski definition) is 7. The summed E-state index contributed by atoms with van der Waals surface area (Å²) in [6.07, 6.45) is 2.68. The molecule has 0 amide bonds. The lowest BCUT2D eigenvalue weighted by Gasteiger charge is -2.26. The molecule has 0 bridgehead atoms. The third kappa shape index (κ3) is 4.72. The predicted octanol–water partition coefficient (Wildman–Crippen LogP) is 2.10.